The van der Waals surface area contributed by atoms with Crippen molar-refractivity contribution in [2.45, 2.75) is 44.7 Å². The van der Waals surface area contributed by atoms with Gasteiger partial charge < -0.3 is 34.5 Å². The molecule has 10 nitrogen and oxygen atoms in total. The second kappa shape index (κ2) is 15.2. The number of hydrogen-bond acceptors (Lipinski definition) is 6. The fourth-order valence-corrected chi connectivity index (χ4v) is 5.11. The predicted molar refractivity (Wildman–Crippen MR) is 154 cm³/mol. The van der Waals surface area contributed by atoms with Gasteiger partial charge in [0.25, 0.3) is 0 Å². The molecule has 3 N–H and O–H groups in total. The number of carbonyl (C=O) groups excluding carboxylic acids is 2. The molecular weight excluding hydrogens is 526 g/mol. The van der Waals surface area contributed by atoms with Crippen molar-refractivity contribution in [3.8, 4) is 5.75 Å². The molecule has 2 bridgehead atoms. The number of aromatic nitrogens is 1. The smallest absolute Gasteiger partial charge is 0.304 e. The first-order chi connectivity index (χ1) is 19.9. The Morgan fingerprint density at radius 1 is 1.15 bits per heavy atom. The Morgan fingerprint density at radius 2 is 1.95 bits per heavy atom. The summed E-state index contributed by atoms with van der Waals surface area (Å²) >= 11 is 0. The van der Waals surface area contributed by atoms with E-state index in [1.54, 1.807) is 7.11 Å². The highest BCUT2D eigenvalue weighted by Gasteiger charge is 2.28. The topological polar surface area (TPSA) is 128 Å². The second-order valence-electron chi connectivity index (χ2n) is 10.2. The number of benzene rings is 2. The number of ether oxygens (including phenoxy) is 3. The summed E-state index contributed by atoms with van der Waals surface area (Å²) in [7, 11) is 1.62. The summed E-state index contributed by atoms with van der Waals surface area (Å²) in [6, 6.07) is 14.8. The Bertz CT molecular complexity index is 1300. The number of aliphatic carboxylic acids is 1. The van der Waals surface area contributed by atoms with Crippen LogP contribution in [0.3, 0.4) is 0 Å². The molecule has 0 radical (unpaired) electrons. The number of aryl methyl sites for hydroxylation is 1. The van der Waals surface area contributed by atoms with Gasteiger partial charge in [0, 0.05) is 49.6 Å². The quantitative estimate of drug-likeness (QED) is 0.288. The van der Waals surface area contributed by atoms with E-state index in [1.165, 1.54) is 0 Å². The monoisotopic (exact) mass is 565 g/mol. The molecule has 10 heteroatoms. The summed E-state index contributed by atoms with van der Waals surface area (Å²) < 4.78 is 18.4. The summed E-state index contributed by atoms with van der Waals surface area (Å²) in [6.07, 6.45) is 3.68. The second-order valence-corrected chi connectivity index (χ2v) is 10.2. The molecule has 0 aliphatic carbocycles. The van der Waals surface area contributed by atoms with Crippen molar-refractivity contribution in [3.05, 3.63) is 65.9 Å². The SMILES string of the molecule is COCCOc1ccc(CCC[C@H](CC(=O)O)C(=O)N[C@H]2Cc3cn(c4ccccc34)CCOCCNC2=O)cc1. The molecule has 2 heterocycles. The van der Waals surface area contributed by atoms with Crippen LogP contribution in [0, 0.1) is 5.92 Å². The maximum absolute atomic E-state index is 13.4. The number of fused-ring (bicyclic) bond motifs is 5. The van der Waals surface area contributed by atoms with Gasteiger partial charge in [0.05, 0.1) is 26.2 Å². The molecule has 4 rings (SSSR count). The first-order valence-electron chi connectivity index (χ1n) is 14.1. The number of methoxy groups -OCH3 is 1. The number of rotatable bonds is 12. The number of amides is 2. The van der Waals surface area contributed by atoms with Crippen LogP contribution >= 0.6 is 0 Å². The Hall–Kier alpha value is -3.89. The van der Waals surface area contributed by atoms with E-state index >= 15 is 0 Å². The number of carboxylic acids is 1. The molecule has 0 saturated carbocycles. The Morgan fingerprint density at radius 3 is 2.73 bits per heavy atom. The fourth-order valence-electron chi connectivity index (χ4n) is 5.11. The number of hydrogen-bond donors (Lipinski definition) is 3. The number of carboxylic acid groups (broad SMARTS) is 1. The number of nitrogens with zero attached hydrogens (tertiary/aromatic N) is 1. The van der Waals surface area contributed by atoms with Gasteiger partial charge in [-0.2, -0.15) is 0 Å². The van der Waals surface area contributed by atoms with E-state index in [0.29, 0.717) is 65.2 Å². The van der Waals surface area contributed by atoms with Gasteiger partial charge in [0.2, 0.25) is 11.8 Å². The molecule has 0 fully saturated rings. The van der Waals surface area contributed by atoms with E-state index < -0.39 is 23.8 Å². The third kappa shape index (κ3) is 8.80. The van der Waals surface area contributed by atoms with Crippen LogP contribution in [0.4, 0.5) is 0 Å². The van der Waals surface area contributed by atoms with E-state index in [1.807, 2.05) is 54.7 Å². The van der Waals surface area contributed by atoms with E-state index in [2.05, 4.69) is 15.2 Å². The first kappa shape index (κ1) is 30.1. The minimum atomic E-state index is -1.05. The average molecular weight is 566 g/mol. The summed E-state index contributed by atoms with van der Waals surface area (Å²) in [6.45, 7) is 2.87. The molecule has 41 heavy (non-hydrogen) atoms. The van der Waals surface area contributed by atoms with Gasteiger partial charge in [0.15, 0.2) is 0 Å². The van der Waals surface area contributed by atoms with Crippen LogP contribution in [0.5, 0.6) is 5.75 Å². The zero-order valence-electron chi connectivity index (χ0n) is 23.5. The summed E-state index contributed by atoms with van der Waals surface area (Å²) in [5, 5.41) is 16.3. The van der Waals surface area contributed by atoms with E-state index in [0.717, 1.165) is 27.8 Å². The summed E-state index contributed by atoms with van der Waals surface area (Å²) in [4.78, 5) is 38.2. The van der Waals surface area contributed by atoms with Gasteiger partial charge in [-0.1, -0.05) is 30.3 Å². The number of para-hydroxylation sites is 1. The van der Waals surface area contributed by atoms with Crippen LogP contribution in [0.2, 0.25) is 0 Å². The molecule has 3 aromatic rings. The predicted octanol–water partition coefficient (Wildman–Crippen LogP) is 2.95. The van der Waals surface area contributed by atoms with Crippen molar-refractivity contribution in [2.24, 2.45) is 5.92 Å². The average Bonchev–Trinajstić information content (AvgIpc) is 3.31. The van der Waals surface area contributed by atoms with E-state index in [-0.39, 0.29) is 12.3 Å². The normalized spacial score (nSPS) is 16.7. The van der Waals surface area contributed by atoms with Crippen LogP contribution in [0.1, 0.15) is 30.4 Å². The maximum atomic E-state index is 13.4. The highest BCUT2D eigenvalue weighted by atomic mass is 16.5. The minimum Gasteiger partial charge on any atom is -0.491 e. The first-order valence-corrected chi connectivity index (χ1v) is 14.1. The molecule has 0 spiro atoms. The van der Waals surface area contributed by atoms with Gasteiger partial charge in [-0.3, -0.25) is 14.4 Å². The zero-order valence-corrected chi connectivity index (χ0v) is 23.5. The highest BCUT2D eigenvalue weighted by Crippen LogP contribution is 2.24. The fraction of sp³-hybridized carbons (Fsp3) is 0.452. The Balaban J connectivity index is 1.42. The minimum absolute atomic E-state index is 0.296. The zero-order chi connectivity index (χ0) is 29.0. The third-order valence-corrected chi connectivity index (χ3v) is 7.24. The summed E-state index contributed by atoms with van der Waals surface area (Å²) in [5.74, 6) is -1.81. The maximum Gasteiger partial charge on any atom is 0.304 e. The van der Waals surface area contributed by atoms with Gasteiger partial charge in [-0.15, -0.1) is 0 Å². The van der Waals surface area contributed by atoms with Crippen molar-refractivity contribution in [3.63, 3.8) is 0 Å². The molecule has 0 saturated heterocycles. The van der Waals surface area contributed by atoms with Crippen LogP contribution in [-0.4, -0.2) is 73.6 Å². The van der Waals surface area contributed by atoms with Crippen molar-refractivity contribution in [1.29, 1.82) is 0 Å². The van der Waals surface area contributed by atoms with Crippen molar-refractivity contribution in [1.82, 2.24) is 15.2 Å². The van der Waals surface area contributed by atoms with Crippen LogP contribution in [-0.2, 0) is 43.2 Å². The molecular formula is C31H39N3O7. The van der Waals surface area contributed by atoms with Gasteiger partial charge >= 0.3 is 5.97 Å². The molecule has 1 aliphatic heterocycles. The Kier molecular flexibility index (Phi) is 11.2. The number of nitrogens with one attached hydrogen (secondary N) is 2. The molecule has 2 aromatic carbocycles. The van der Waals surface area contributed by atoms with E-state index in [9.17, 15) is 19.5 Å². The van der Waals surface area contributed by atoms with Crippen molar-refractivity contribution < 1.29 is 33.7 Å². The lowest BCUT2D eigenvalue weighted by molar-refractivity contribution is -0.141. The third-order valence-electron chi connectivity index (χ3n) is 7.24. The Labute approximate surface area is 240 Å². The lowest BCUT2D eigenvalue weighted by Gasteiger charge is -2.22. The molecule has 2 amide bonds. The standard InChI is InChI=1S/C31H39N3O7/c1-39-17-18-41-25-11-9-22(10-12-25)5-4-6-23(20-29(35)36)30(37)33-27-19-24-21-34(28-8-3-2-7-26(24)28)14-16-40-15-13-32-31(27)38/h2-3,7-12,21,23,27H,4-6,13-20H2,1H3,(H,32,38)(H,33,37)(H,35,36)/t23-,27+/m1/s1. The molecule has 1 aromatic heterocycles. The highest BCUT2D eigenvalue weighted by molar-refractivity contribution is 5.91. The molecule has 2 atom stereocenters. The lowest BCUT2D eigenvalue weighted by Crippen LogP contribution is -2.50. The summed E-state index contributed by atoms with van der Waals surface area (Å²) in [5.41, 5.74) is 3.04. The van der Waals surface area contributed by atoms with Gasteiger partial charge in [-0.05, 0) is 48.6 Å². The molecule has 220 valence electrons. The van der Waals surface area contributed by atoms with Crippen molar-refractivity contribution >= 4 is 28.7 Å². The largest absolute Gasteiger partial charge is 0.491 e. The lowest BCUT2D eigenvalue weighted by atomic mass is 9.94. The van der Waals surface area contributed by atoms with Crippen LogP contribution in [0.25, 0.3) is 10.9 Å². The van der Waals surface area contributed by atoms with E-state index in [4.69, 9.17) is 14.2 Å². The van der Waals surface area contributed by atoms with Crippen LogP contribution in [0.15, 0.2) is 54.7 Å². The van der Waals surface area contributed by atoms with Crippen LogP contribution < -0.4 is 15.4 Å². The van der Waals surface area contributed by atoms with Gasteiger partial charge in [-0.25, -0.2) is 0 Å². The number of carbonyl (C=O) groups is 3. The molecule has 0 unspecified atom stereocenters. The molecule has 1 aliphatic rings. The van der Waals surface area contributed by atoms with Crippen molar-refractivity contribution in [2.75, 3.05) is 40.1 Å². The van der Waals surface area contributed by atoms with Gasteiger partial charge in [0.1, 0.15) is 18.4 Å².